The molecule has 25 heavy (non-hydrogen) atoms. The number of carbonyl (C=O) groups is 1. The highest BCUT2D eigenvalue weighted by molar-refractivity contribution is 5.78. The van der Waals surface area contributed by atoms with Gasteiger partial charge in [-0.15, -0.1) is 0 Å². The molecule has 1 aromatic rings. The molecule has 1 saturated heterocycles. The number of rotatable bonds is 9. The number of likely N-dealkylation sites (tertiary alicyclic amines) is 1. The van der Waals surface area contributed by atoms with Crippen LogP contribution in [0.2, 0.25) is 0 Å². The summed E-state index contributed by atoms with van der Waals surface area (Å²) < 4.78 is 10.7. The number of hydrogen-bond donors (Lipinski definition) is 1. The fourth-order valence-electron chi connectivity index (χ4n) is 3.13. The summed E-state index contributed by atoms with van der Waals surface area (Å²) in [5.41, 5.74) is 1.29. The van der Waals surface area contributed by atoms with Crippen LogP contribution >= 0.6 is 0 Å². The summed E-state index contributed by atoms with van der Waals surface area (Å²) in [5.74, 6) is 1.27. The highest BCUT2D eigenvalue weighted by atomic mass is 16.5. The summed E-state index contributed by atoms with van der Waals surface area (Å²) in [7, 11) is 1.68. The van der Waals surface area contributed by atoms with E-state index in [9.17, 15) is 4.79 Å². The average Bonchev–Trinajstić information content (AvgIpc) is 2.60. The smallest absolute Gasteiger partial charge is 0.223 e. The third kappa shape index (κ3) is 7.04. The summed E-state index contributed by atoms with van der Waals surface area (Å²) in [4.78, 5) is 14.6. The van der Waals surface area contributed by atoms with E-state index in [0.29, 0.717) is 13.2 Å². The van der Waals surface area contributed by atoms with Crippen molar-refractivity contribution in [1.82, 2.24) is 10.2 Å². The first-order valence-corrected chi connectivity index (χ1v) is 9.33. The van der Waals surface area contributed by atoms with E-state index in [1.807, 2.05) is 26.0 Å². The van der Waals surface area contributed by atoms with Gasteiger partial charge in [0.25, 0.3) is 0 Å². The summed E-state index contributed by atoms with van der Waals surface area (Å²) in [6.45, 7) is 8.35. The van der Waals surface area contributed by atoms with E-state index >= 15 is 0 Å². The number of nitrogens with one attached hydrogen (secondary N) is 1. The van der Waals surface area contributed by atoms with Crippen LogP contribution in [0.25, 0.3) is 0 Å². The molecular weight excluding hydrogens is 316 g/mol. The molecule has 0 unspecified atom stereocenters. The van der Waals surface area contributed by atoms with Crippen molar-refractivity contribution >= 4 is 5.91 Å². The lowest BCUT2D eigenvalue weighted by molar-refractivity contribution is -0.126. The zero-order valence-corrected chi connectivity index (χ0v) is 15.8. The lowest BCUT2D eigenvalue weighted by Crippen LogP contribution is -2.40. The van der Waals surface area contributed by atoms with E-state index in [4.69, 9.17) is 9.47 Å². The summed E-state index contributed by atoms with van der Waals surface area (Å²) in [6.07, 6.45) is 2.94. The van der Waals surface area contributed by atoms with Crippen molar-refractivity contribution in [3.63, 3.8) is 0 Å². The number of carbonyl (C=O) groups excluding carboxylic acids is 1. The van der Waals surface area contributed by atoms with Crippen LogP contribution in [0.15, 0.2) is 24.3 Å². The lowest BCUT2D eigenvalue weighted by Gasteiger charge is -2.31. The van der Waals surface area contributed by atoms with Gasteiger partial charge in [-0.3, -0.25) is 9.69 Å². The second-order valence-electron chi connectivity index (χ2n) is 7.00. The second kappa shape index (κ2) is 10.4. The van der Waals surface area contributed by atoms with Gasteiger partial charge in [0.2, 0.25) is 5.91 Å². The minimum Gasteiger partial charge on any atom is -0.491 e. The van der Waals surface area contributed by atoms with E-state index in [-0.39, 0.29) is 17.9 Å². The zero-order chi connectivity index (χ0) is 18.1. The number of piperidine rings is 1. The van der Waals surface area contributed by atoms with E-state index in [1.165, 1.54) is 5.56 Å². The average molecular weight is 348 g/mol. The molecule has 1 aliphatic heterocycles. The fraction of sp³-hybridized carbons (Fsp3) is 0.650. The summed E-state index contributed by atoms with van der Waals surface area (Å²) >= 11 is 0. The Morgan fingerprint density at radius 2 is 1.92 bits per heavy atom. The van der Waals surface area contributed by atoms with Gasteiger partial charge >= 0.3 is 0 Å². The molecule has 5 nitrogen and oxygen atoms in total. The third-order valence-electron chi connectivity index (χ3n) is 4.48. The van der Waals surface area contributed by atoms with Crippen LogP contribution in [0.4, 0.5) is 0 Å². The molecule has 140 valence electrons. The standard InChI is InChI=1S/C20H32N2O3/c1-16(2)25-19-7-5-17(6-8-19)15-22-12-9-18(10-13-22)20(23)21-11-4-14-24-3/h5-8,16,18H,4,9-15H2,1-3H3,(H,21,23). The Morgan fingerprint density at radius 1 is 1.24 bits per heavy atom. The van der Waals surface area contributed by atoms with Crippen molar-refractivity contribution in [2.24, 2.45) is 5.92 Å². The molecule has 0 aliphatic carbocycles. The van der Waals surface area contributed by atoms with E-state index < -0.39 is 0 Å². The van der Waals surface area contributed by atoms with Gasteiger partial charge in [0, 0.05) is 32.7 Å². The summed E-state index contributed by atoms with van der Waals surface area (Å²) in [6, 6.07) is 8.34. The van der Waals surface area contributed by atoms with Crippen LogP contribution in [0.3, 0.4) is 0 Å². The molecule has 0 spiro atoms. The van der Waals surface area contributed by atoms with E-state index in [2.05, 4.69) is 22.3 Å². The Bertz CT molecular complexity index is 508. The number of benzene rings is 1. The molecule has 1 N–H and O–H groups in total. The van der Waals surface area contributed by atoms with Crippen molar-refractivity contribution in [1.29, 1.82) is 0 Å². The monoisotopic (exact) mass is 348 g/mol. The topological polar surface area (TPSA) is 50.8 Å². The predicted octanol–water partition coefficient (Wildman–Crippen LogP) is 2.84. The molecule has 0 radical (unpaired) electrons. The first-order chi connectivity index (χ1) is 12.1. The molecule has 0 saturated carbocycles. The highest BCUT2D eigenvalue weighted by Crippen LogP contribution is 2.20. The minimum atomic E-state index is 0.153. The Hall–Kier alpha value is -1.59. The molecule has 2 rings (SSSR count). The maximum absolute atomic E-state index is 12.2. The molecule has 1 amide bonds. The van der Waals surface area contributed by atoms with Crippen molar-refractivity contribution in [2.75, 3.05) is 33.4 Å². The van der Waals surface area contributed by atoms with Gasteiger partial charge in [-0.2, -0.15) is 0 Å². The predicted molar refractivity (Wildman–Crippen MR) is 99.7 cm³/mol. The van der Waals surface area contributed by atoms with Crippen molar-refractivity contribution in [3.05, 3.63) is 29.8 Å². The molecule has 0 aromatic heterocycles. The SMILES string of the molecule is COCCCNC(=O)C1CCN(Cc2ccc(OC(C)C)cc2)CC1. The van der Waals surface area contributed by atoms with Crippen LogP contribution in [-0.2, 0) is 16.1 Å². The fourth-order valence-corrected chi connectivity index (χ4v) is 3.13. The van der Waals surface area contributed by atoms with Crippen molar-refractivity contribution < 1.29 is 14.3 Å². The molecule has 0 bridgehead atoms. The molecule has 1 aliphatic rings. The molecular formula is C20H32N2O3. The quantitative estimate of drug-likeness (QED) is 0.697. The highest BCUT2D eigenvalue weighted by Gasteiger charge is 2.24. The number of methoxy groups -OCH3 is 1. The molecule has 5 heteroatoms. The van der Waals surface area contributed by atoms with Crippen molar-refractivity contribution in [2.45, 2.75) is 45.8 Å². The Balaban J connectivity index is 1.70. The van der Waals surface area contributed by atoms with Gasteiger partial charge in [0.1, 0.15) is 5.75 Å². The van der Waals surface area contributed by atoms with Crippen LogP contribution in [-0.4, -0.2) is 50.3 Å². The van der Waals surface area contributed by atoms with Gasteiger partial charge in [-0.1, -0.05) is 12.1 Å². The molecule has 1 fully saturated rings. The number of ether oxygens (including phenoxy) is 2. The molecule has 1 heterocycles. The Labute approximate surface area is 151 Å². The van der Waals surface area contributed by atoms with Crippen molar-refractivity contribution in [3.8, 4) is 5.75 Å². The summed E-state index contributed by atoms with van der Waals surface area (Å²) in [5, 5.41) is 3.02. The second-order valence-corrected chi connectivity index (χ2v) is 7.00. The maximum Gasteiger partial charge on any atom is 0.223 e. The van der Waals surface area contributed by atoms with Crippen LogP contribution in [0.1, 0.15) is 38.7 Å². The Morgan fingerprint density at radius 3 is 2.52 bits per heavy atom. The number of nitrogens with zero attached hydrogens (tertiary/aromatic N) is 1. The van der Waals surface area contributed by atoms with Gasteiger partial charge in [0.05, 0.1) is 6.10 Å². The minimum absolute atomic E-state index is 0.153. The van der Waals surface area contributed by atoms with Crippen LogP contribution in [0, 0.1) is 5.92 Å². The lowest BCUT2D eigenvalue weighted by atomic mass is 9.95. The number of amides is 1. The third-order valence-corrected chi connectivity index (χ3v) is 4.48. The van der Waals surface area contributed by atoms with E-state index in [0.717, 1.165) is 44.6 Å². The van der Waals surface area contributed by atoms with Gasteiger partial charge in [-0.25, -0.2) is 0 Å². The molecule has 1 aromatic carbocycles. The normalized spacial score (nSPS) is 16.2. The Kier molecular flexibility index (Phi) is 8.22. The molecule has 0 atom stereocenters. The van der Waals surface area contributed by atoms with Gasteiger partial charge in [-0.05, 0) is 63.9 Å². The van der Waals surface area contributed by atoms with Gasteiger partial charge < -0.3 is 14.8 Å². The first-order valence-electron chi connectivity index (χ1n) is 9.33. The number of hydrogen-bond acceptors (Lipinski definition) is 4. The van der Waals surface area contributed by atoms with Gasteiger partial charge in [0.15, 0.2) is 0 Å². The zero-order valence-electron chi connectivity index (χ0n) is 15.8. The van der Waals surface area contributed by atoms with E-state index in [1.54, 1.807) is 7.11 Å². The maximum atomic E-state index is 12.2. The van der Waals surface area contributed by atoms with Crippen LogP contribution in [0.5, 0.6) is 5.75 Å². The van der Waals surface area contributed by atoms with Crippen LogP contribution < -0.4 is 10.1 Å². The largest absolute Gasteiger partial charge is 0.491 e. The first kappa shape index (κ1) is 19.7.